The van der Waals surface area contributed by atoms with Crippen LogP contribution in [-0.2, 0) is 23.9 Å². The van der Waals surface area contributed by atoms with Crippen LogP contribution in [0, 0.1) is 5.92 Å². The predicted molar refractivity (Wildman–Crippen MR) is 87.4 cm³/mol. The summed E-state index contributed by atoms with van der Waals surface area (Å²) in [6.07, 6.45) is -3.99. The van der Waals surface area contributed by atoms with Crippen molar-refractivity contribution in [1.82, 2.24) is 5.32 Å². The van der Waals surface area contributed by atoms with Crippen LogP contribution in [0.5, 0.6) is 5.75 Å². The maximum Gasteiger partial charge on any atom is 0.417 e. The van der Waals surface area contributed by atoms with Crippen LogP contribution in [0.2, 0.25) is 5.02 Å². The number of rotatable bonds is 3. The van der Waals surface area contributed by atoms with E-state index in [0.717, 1.165) is 17.4 Å². The average molecular weight is 370 g/mol. The maximum atomic E-state index is 12.9. The number of carbonyl (C=O) groups is 1. The fourth-order valence-electron chi connectivity index (χ4n) is 2.73. The van der Waals surface area contributed by atoms with Gasteiger partial charge in [-0.05, 0) is 35.7 Å². The van der Waals surface area contributed by atoms with Gasteiger partial charge in [0.2, 0.25) is 5.91 Å². The summed E-state index contributed by atoms with van der Waals surface area (Å²) in [5, 5.41) is 2.31. The van der Waals surface area contributed by atoms with Crippen LogP contribution in [0.15, 0.2) is 42.5 Å². The topological polar surface area (TPSA) is 38.3 Å². The number of para-hydroxylation sites is 1. The van der Waals surface area contributed by atoms with Crippen LogP contribution in [0.3, 0.4) is 0 Å². The van der Waals surface area contributed by atoms with Crippen LogP contribution in [0.4, 0.5) is 13.2 Å². The van der Waals surface area contributed by atoms with Crippen LogP contribution in [-0.4, -0.2) is 12.5 Å². The lowest BCUT2D eigenvalue weighted by Crippen LogP contribution is -2.37. The summed E-state index contributed by atoms with van der Waals surface area (Å²) in [5.74, 6) is 0.140. The first-order valence-corrected chi connectivity index (χ1v) is 8.06. The largest absolute Gasteiger partial charge is 0.492 e. The molecular formula is C18H15ClF3NO2. The van der Waals surface area contributed by atoms with Gasteiger partial charge < -0.3 is 10.1 Å². The highest BCUT2D eigenvalue weighted by molar-refractivity contribution is 6.31. The molecule has 2 aromatic rings. The van der Waals surface area contributed by atoms with Gasteiger partial charge in [-0.15, -0.1) is 0 Å². The van der Waals surface area contributed by atoms with Crippen molar-refractivity contribution in [2.24, 2.45) is 5.92 Å². The maximum absolute atomic E-state index is 12.9. The summed E-state index contributed by atoms with van der Waals surface area (Å²) in [6.45, 7) is 0.245. The zero-order valence-electron chi connectivity index (χ0n) is 13.1. The summed E-state index contributed by atoms with van der Waals surface area (Å²) in [5.41, 5.74) is 0.373. The lowest BCUT2D eigenvalue weighted by Gasteiger charge is -2.24. The van der Waals surface area contributed by atoms with E-state index in [1.807, 2.05) is 24.3 Å². The summed E-state index contributed by atoms with van der Waals surface area (Å²) in [6, 6.07) is 11.1. The van der Waals surface area contributed by atoms with Crippen molar-refractivity contribution in [2.45, 2.75) is 19.1 Å². The molecule has 25 heavy (non-hydrogen) atoms. The van der Waals surface area contributed by atoms with Crippen molar-refractivity contribution < 1.29 is 22.7 Å². The molecule has 1 N–H and O–H groups in total. The highest BCUT2D eigenvalue weighted by atomic mass is 35.5. The molecular weight excluding hydrogens is 355 g/mol. The molecule has 0 radical (unpaired) electrons. The molecule has 1 atom stereocenters. The minimum atomic E-state index is -4.53. The number of alkyl halides is 3. The number of fused-ring (bicyclic) bond motifs is 1. The zero-order valence-corrected chi connectivity index (χ0v) is 13.8. The van der Waals surface area contributed by atoms with Gasteiger partial charge in [0.05, 0.1) is 16.5 Å². The Kier molecular flexibility index (Phi) is 4.90. The molecule has 0 saturated carbocycles. The third-order valence-electron chi connectivity index (χ3n) is 4.05. The molecule has 1 aliphatic heterocycles. The molecule has 0 aromatic heterocycles. The van der Waals surface area contributed by atoms with E-state index in [9.17, 15) is 18.0 Å². The SMILES string of the molecule is O=C(NCc1ccc(Cl)c(C(F)(F)F)c1)C1COc2ccccc2C1. The Morgan fingerprint density at radius 2 is 2.00 bits per heavy atom. The minimum Gasteiger partial charge on any atom is -0.492 e. The molecule has 0 bridgehead atoms. The van der Waals surface area contributed by atoms with Crippen molar-refractivity contribution in [3.05, 3.63) is 64.2 Å². The Labute approximate surface area is 147 Å². The van der Waals surface area contributed by atoms with Gasteiger partial charge in [-0.2, -0.15) is 13.2 Å². The molecule has 7 heteroatoms. The summed E-state index contributed by atoms with van der Waals surface area (Å²) >= 11 is 5.59. The van der Waals surface area contributed by atoms with E-state index in [1.165, 1.54) is 12.1 Å². The van der Waals surface area contributed by atoms with Crippen molar-refractivity contribution in [1.29, 1.82) is 0 Å². The molecule has 0 fully saturated rings. The van der Waals surface area contributed by atoms with Gasteiger partial charge >= 0.3 is 6.18 Å². The number of ether oxygens (including phenoxy) is 1. The van der Waals surface area contributed by atoms with Gasteiger partial charge in [0.1, 0.15) is 12.4 Å². The van der Waals surface area contributed by atoms with Crippen LogP contribution in [0.25, 0.3) is 0 Å². The predicted octanol–water partition coefficient (Wildman–Crippen LogP) is 4.23. The summed E-state index contributed by atoms with van der Waals surface area (Å²) < 4.78 is 44.2. The molecule has 0 aliphatic carbocycles. The van der Waals surface area contributed by atoms with E-state index in [2.05, 4.69) is 5.32 Å². The molecule has 1 unspecified atom stereocenters. The zero-order chi connectivity index (χ0) is 18.0. The van der Waals surface area contributed by atoms with Gasteiger partial charge in [0, 0.05) is 6.54 Å². The Hall–Kier alpha value is -2.21. The quantitative estimate of drug-likeness (QED) is 0.879. The molecule has 2 aromatic carbocycles. The molecule has 3 rings (SSSR count). The normalized spacial score (nSPS) is 16.7. The van der Waals surface area contributed by atoms with Crippen LogP contribution < -0.4 is 10.1 Å². The first kappa shape index (κ1) is 17.6. The van der Waals surface area contributed by atoms with E-state index in [4.69, 9.17) is 16.3 Å². The summed E-state index contributed by atoms with van der Waals surface area (Å²) in [7, 11) is 0. The van der Waals surface area contributed by atoms with Crippen LogP contribution >= 0.6 is 11.6 Å². The van der Waals surface area contributed by atoms with Gasteiger partial charge in [0.15, 0.2) is 0 Å². The smallest absolute Gasteiger partial charge is 0.417 e. The number of carbonyl (C=O) groups excluding carboxylic acids is 1. The first-order chi connectivity index (χ1) is 11.8. The third kappa shape index (κ3) is 4.07. The number of benzene rings is 2. The lowest BCUT2D eigenvalue weighted by atomic mass is 9.96. The van der Waals surface area contributed by atoms with Crippen molar-refractivity contribution in [2.75, 3.05) is 6.61 Å². The second kappa shape index (κ2) is 6.96. The van der Waals surface area contributed by atoms with E-state index >= 15 is 0 Å². The fraction of sp³-hybridized carbons (Fsp3) is 0.278. The summed E-state index contributed by atoms with van der Waals surface area (Å²) in [4.78, 5) is 12.3. The Morgan fingerprint density at radius 3 is 2.76 bits per heavy atom. The third-order valence-corrected chi connectivity index (χ3v) is 4.38. The minimum absolute atomic E-state index is 0.00275. The molecule has 0 spiro atoms. The van der Waals surface area contributed by atoms with E-state index in [0.29, 0.717) is 12.0 Å². The van der Waals surface area contributed by atoms with Gasteiger partial charge in [-0.3, -0.25) is 4.79 Å². The van der Waals surface area contributed by atoms with Crippen molar-refractivity contribution in [3.63, 3.8) is 0 Å². The van der Waals surface area contributed by atoms with E-state index < -0.39 is 11.7 Å². The Morgan fingerprint density at radius 1 is 1.24 bits per heavy atom. The number of hydrogen-bond acceptors (Lipinski definition) is 2. The van der Waals surface area contributed by atoms with E-state index in [-0.39, 0.29) is 30.0 Å². The molecule has 1 amide bonds. The number of hydrogen-bond donors (Lipinski definition) is 1. The van der Waals surface area contributed by atoms with Gasteiger partial charge in [-0.25, -0.2) is 0 Å². The monoisotopic (exact) mass is 369 g/mol. The van der Waals surface area contributed by atoms with Gasteiger partial charge in [0.25, 0.3) is 0 Å². The standard InChI is InChI=1S/C18H15ClF3NO2/c19-15-6-5-11(7-14(15)18(20,21)22)9-23-17(24)13-8-12-3-1-2-4-16(12)25-10-13/h1-7,13H,8-10H2,(H,23,24). The molecule has 1 heterocycles. The average Bonchev–Trinajstić information content (AvgIpc) is 2.59. The number of amides is 1. The molecule has 1 aliphatic rings. The Bertz CT molecular complexity index is 792. The van der Waals surface area contributed by atoms with Crippen molar-refractivity contribution in [3.8, 4) is 5.75 Å². The molecule has 3 nitrogen and oxygen atoms in total. The van der Waals surface area contributed by atoms with E-state index in [1.54, 1.807) is 0 Å². The second-order valence-corrected chi connectivity index (χ2v) is 6.26. The number of halogens is 4. The molecule has 0 saturated heterocycles. The highest BCUT2D eigenvalue weighted by Gasteiger charge is 2.33. The number of nitrogens with one attached hydrogen (secondary N) is 1. The molecule has 132 valence electrons. The Balaban J connectivity index is 1.64. The highest BCUT2D eigenvalue weighted by Crippen LogP contribution is 2.35. The fourth-order valence-corrected chi connectivity index (χ4v) is 2.95. The first-order valence-electron chi connectivity index (χ1n) is 7.68. The lowest BCUT2D eigenvalue weighted by molar-refractivity contribution is -0.137. The second-order valence-electron chi connectivity index (χ2n) is 5.85. The van der Waals surface area contributed by atoms with Crippen LogP contribution in [0.1, 0.15) is 16.7 Å². The van der Waals surface area contributed by atoms with Crippen molar-refractivity contribution >= 4 is 17.5 Å². The van der Waals surface area contributed by atoms with Gasteiger partial charge in [-0.1, -0.05) is 35.9 Å².